The zero-order valence-electron chi connectivity index (χ0n) is 34.4. The summed E-state index contributed by atoms with van der Waals surface area (Å²) >= 11 is 1.19. The van der Waals surface area contributed by atoms with E-state index < -0.39 is 39.1 Å². The second-order valence-corrected chi connectivity index (χ2v) is 20.5. The minimum Gasteiger partial charge on any atom is -0.497 e. The van der Waals surface area contributed by atoms with Crippen LogP contribution < -0.4 is 24.4 Å². The van der Waals surface area contributed by atoms with Crippen LogP contribution in [0.15, 0.2) is 100 Å². The van der Waals surface area contributed by atoms with Gasteiger partial charge in [0.15, 0.2) is 30.6 Å². The van der Waals surface area contributed by atoms with E-state index in [1.54, 1.807) is 49.6 Å². The summed E-state index contributed by atoms with van der Waals surface area (Å²) in [6, 6.07) is 20.9. The molecule has 6 rings (SSSR count). The molecule has 1 saturated heterocycles. The molecule has 0 bridgehead atoms. The van der Waals surface area contributed by atoms with Crippen molar-refractivity contribution < 1.29 is 64.2 Å². The van der Waals surface area contributed by atoms with Crippen molar-refractivity contribution in [1.29, 1.82) is 0 Å². The van der Waals surface area contributed by atoms with Crippen LogP contribution in [0.25, 0.3) is 0 Å². The summed E-state index contributed by atoms with van der Waals surface area (Å²) < 4.78 is 86.3. The van der Waals surface area contributed by atoms with Gasteiger partial charge in [0.2, 0.25) is 0 Å². The molecule has 0 unspecified atom stereocenters. The number of amides is 1. The third-order valence-corrected chi connectivity index (χ3v) is 13.6. The van der Waals surface area contributed by atoms with Crippen molar-refractivity contribution in [3.05, 3.63) is 107 Å². The Kier molecular flexibility index (Phi) is 16.3. The topological polar surface area (TPSA) is 223 Å². The number of hydrogen-bond donors (Lipinski definition) is 2. The number of ether oxygens (including phenoxy) is 3. The molecular formula is C41H46N3O14PS3. The van der Waals surface area contributed by atoms with Crippen molar-refractivity contribution in [2.75, 3.05) is 51.2 Å². The van der Waals surface area contributed by atoms with Crippen LogP contribution in [-0.2, 0) is 39.4 Å². The average Bonchev–Trinajstić information content (AvgIpc) is 3.89. The fourth-order valence-electron chi connectivity index (χ4n) is 5.72. The van der Waals surface area contributed by atoms with Crippen LogP contribution in [0.5, 0.6) is 34.5 Å². The summed E-state index contributed by atoms with van der Waals surface area (Å²) in [6.07, 6.45) is 4.28. The van der Waals surface area contributed by atoms with E-state index in [-0.39, 0.29) is 46.0 Å². The van der Waals surface area contributed by atoms with Crippen LogP contribution in [-0.4, -0.2) is 89.8 Å². The number of nitrogens with zero attached hydrogens (tertiary/aromatic N) is 2. The number of aromatic nitrogens is 1. The lowest BCUT2D eigenvalue weighted by atomic mass is 10.2. The van der Waals surface area contributed by atoms with Crippen molar-refractivity contribution in [3.8, 4) is 34.5 Å². The number of hydrogen-bond acceptors (Lipinski definition) is 16. The number of benzene rings is 4. The van der Waals surface area contributed by atoms with Gasteiger partial charge in [-0.3, -0.25) is 14.7 Å². The Bertz CT molecular complexity index is 2610. The van der Waals surface area contributed by atoms with E-state index in [0.29, 0.717) is 39.6 Å². The molecule has 21 heteroatoms. The summed E-state index contributed by atoms with van der Waals surface area (Å²) in [5, 5.41) is 15.7. The molecule has 0 atom stereocenters. The molecule has 5 aromatic rings. The molecule has 1 amide bonds. The average molecular weight is 932 g/mol. The predicted octanol–water partition coefficient (Wildman–Crippen LogP) is 8.34. The number of anilines is 1. The number of thiazole rings is 1. The molecule has 2 N–H and O–H groups in total. The number of methoxy groups -OCH3 is 1. The Morgan fingerprint density at radius 1 is 0.742 bits per heavy atom. The van der Waals surface area contributed by atoms with E-state index in [1.165, 1.54) is 73.0 Å². The second kappa shape index (κ2) is 21.2. The third kappa shape index (κ3) is 14.1. The number of nitrogens with one attached hydrogen (secondary N) is 1. The zero-order valence-corrected chi connectivity index (χ0v) is 37.8. The molecule has 62 heavy (non-hydrogen) atoms. The molecule has 1 aromatic heterocycles. The molecule has 0 saturated carbocycles. The zero-order chi connectivity index (χ0) is 45.1. The molecular weight excluding hydrogens is 886 g/mol. The highest BCUT2D eigenvalue weighted by Gasteiger charge is 2.26. The van der Waals surface area contributed by atoms with Gasteiger partial charge >= 0.3 is 13.6 Å². The number of carbonyl (C=O) groups excluding carboxylic acids is 1. The maximum atomic E-state index is 13.2. The molecule has 2 heterocycles. The van der Waals surface area contributed by atoms with Gasteiger partial charge in [0.1, 0.15) is 28.7 Å². The highest BCUT2D eigenvalue weighted by molar-refractivity contribution is 7.91. The Morgan fingerprint density at radius 3 is 1.71 bits per heavy atom. The van der Waals surface area contributed by atoms with Crippen molar-refractivity contribution in [2.45, 2.75) is 42.6 Å². The van der Waals surface area contributed by atoms with Gasteiger partial charge in [-0.15, -0.1) is 16.4 Å². The summed E-state index contributed by atoms with van der Waals surface area (Å²) in [5.74, 6) is 0.631. The standard InChI is InChI=1S/C26H32N3O8PS2.C15H14O6S/c1-4-34-38(31,35-5-2)17-20-18-39-26(27-20)28-25(30)19-14-22(16-23(15-19)37-29-12-6-7-13-29)36-21-8-10-24(11-9-21)40(3,32)33;1-20-12-7-10(15(16)17)8-13(9-12)21-11-3-5-14(6-4-11)22(2,18)19/h8-11,14-16,18H,4-7,12-13,17H2,1-3H3,(H,27,28,30);3-9H,1-2H3,(H,16,17). The van der Waals surface area contributed by atoms with E-state index in [2.05, 4.69) is 10.3 Å². The van der Waals surface area contributed by atoms with Crippen LogP contribution in [0, 0.1) is 0 Å². The van der Waals surface area contributed by atoms with Crippen molar-refractivity contribution in [2.24, 2.45) is 0 Å². The quantitative estimate of drug-likeness (QED) is 0.0788. The Balaban J connectivity index is 0.000000278. The van der Waals surface area contributed by atoms with Crippen LogP contribution in [0.2, 0.25) is 0 Å². The minimum absolute atomic E-state index is 0.00365. The smallest absolute Gasteiger partial charge is 0.336 e. The van der Waals surface area contributed by atoms with Crippen LogP contribution in [0.1, 0.15) is 53.1 Å². The second-order valence-electron chi connectivity index (χ2n) is 13.5. The van der Waals surface area contributed by atoms with Crippen molar-refractivity contribution in [1.82, 2.24) is 10.0 Å². The van der Waals surface area contributed by atoms with Gasteiger partial charge in [0.25, 0.3) is 5.91 Å². The SMILES string of the molecule is CCOP(=O)(Cc1csc(NC(=O)c2cc(Oc3ccc(S(C)(=O)=O)cc3)cc(ON3CCCC3)c2)n1)OCC.COc1cc(Oc2ccc(S(C)(=O)=O)cc2)cc(C(=O)O)c1. The molecule has 1 fully saturated rings. The number of hydroxylamine groups is 2. The first kappa shape index (κ1) is 47.7. The molecule has 4 aromatic carbocycles. The number of carboxylic acids is 1. The summed E-state index contributed by atoms with van der Waals surface area (Å²) in [6.45, 7) is 5.51. The fourth-order valence-corrected chi connectivity index (χ4v) is 9.42. The largest absolute Gasteiger partial charge is 0.497 e. The highest BCUT2D eigenvalue weighted by Crippen LogP contribution is 2.51. The first-order valence-corrected chi connectivity index (χ1v) is 25.4. The summed E-state index contributed by atoms with van der Waals surface area (Å²) in [7, 11) is -8.53. The van der Waals surface area contributed by atoms with Crippen molar-refractivity contribution in [3.63, 3.8) is 0 Å². The predicted molar refractivity (Wildman–Crippen MR) is 232 cm³/mol. The van der Waals surface area contributed by atoms with E-state index in [1.807, 2.05) is 5.06 Å². The number of carbonyl (C=O) groups is 2. The molecule has 0 radical (unpaired) electrons. The van der Waals surface area contributed by atoms with E-state index in [4.69, 9.17) is 33.2 Å². The molecule has 17 nitrogen and oxygen atoms in total. The maximum Gasteiger partial charge on any atom is 0.336 e. The lowest BCUT2D eigenvalue weighted by Gasteiger charge is -2.17. The van der Waals surface area contributed by atoms with Crippen molar-refractivity contribution >= 4 is 55.6 Å². The Hall–Kier alpha value is -5.34. The Morgan fingerprint density at radius 2 is 1.23 bits per heavy atom. The minimum atomic E-state index is -3.34. The number of rotatable bonds is 18. The van der Waals surface area contributed by atoms with Gasteiger partial charge < -0.3 is 33.2 Å². The van der Waals surface area contributed by atoms with Crippen LogP contribution >= 0.6 is 18.9 Å². The molecule has 1 aliphatic heterocycles. The summed E-state index contributed by atoms with van der Waals surface area (Å²) in [5.41, 5.74) is 0.783. The molecule has 332 valence electrons. The van der Waals surface area contributed by atoms with E-state index in [0.717, 1.165) is 38.4 Å². The molecule has 0 spiro atoms. The number of aromatic carboxylic acids is 1. The van der Waals surface area contributed by atoms with Gasteiger partial charge in [-0.25, -0.2) is 26.6 Å². The lowest BCUT2D eigenvalue weighted by molar-refractivity contribution is -0.0348. The first-order valence-electron chi connectivity index (χ1n) is 19.0. The van der Waals surface area contributed by atoms with E-state index >= 15 is 0 Å². The van der Waals surface area contributed by atoms with Gasteiger partial charge in [0.05, 0.1) is 47.5 Å². The molecule has 0 aliphatic carbocycles. The molecule has 1 aliphatic rings. The normalized spacial score (nSPS) is 13.1. The van der Waals surface area contributed by atoms with Crippen LogP contribution in [0.3, 0.4) is 0 Å². The monoisotopic (exact) mass is 931 g/mol. The lowest BCUT2D eigenvalue weighted by Crippen LogP contribution is -2.23. The first-order chi connectivity index (χ1) is 29.4. The fraction of sp³-hybridized carbons (Fsp3) is 0.293. The third-order valence-electron chi connectivity index (χ3n) is 8.56. The van der Waals surface area contributed by atoms with Gasteiger partial charge in [-0.05, 0) is 99.5 Å². The number of carboxylic acid groups (broad SMARTS) is 1. The van der Waals surface area contributed by atoms with E-state index in [9.17, 15) is 31.0 Å². The maximum absolute atomic E-state index is 13.2. The number of sulfone groups is 2. The highest BCUT2D eigenvalue weighted by atomic mass is 32.2. The van der Waals surface area contributed by atoms with Gasteiger partial charge in [-0.1, -0.05) is 0 Å². The van der Waals surface area contributed by atoms with Gasteiger partial charge in [0, 0.05) is 48.7 Å². The van der Waals surface area contributed by atoms with Gasteiger partial charge in [-0.2, -0.15) is 0 Å². The van der Waals surface area contributed by atoms with Crippen LogP contribution in [0.4, 0.5) is 5.13 Å². The Labute approximate surface area is 363 Å². The summed E-state index contributed by atoms with van der Waals surface area (Å²) in [4.78, 5) is 35.0.